The molecular weight excluding hydrogens is 390 g/mol. The number of hydrogen-bond donors (Lipinski definition) is 1. The largest absolute Gasteiger partial charge is 0.494 e. The van der Waals surface area contributed by atoms with Crippen LogP contribution in [0.15, 0.2) is 66.7 Å². The first kappa shape index (κ1) is 20.8. The van der Waals surface area contributed by atoms with Crippen LogP contribution in [0, 0.1) is 0 Å². The van der Waals surface area contributed by atoms with Gasteiger partial charge in [0.2, 0.25) is 0 Å². The van der Waals surface area contributed by atoms with E-state index in [1.165, 1.54) is 0 Å². The average Bonchev–Trinajstić information content (AvgIpc) is 3.16. The van der Waals surface area contributed by atoms with Gasteiger partial charge in [-0.2, -0.15) is 0 Å². The van der Waals surface area contributed by atoms with Crippen LogP contribution in [0.25, 0.3) is 11.1 Å². The summed E-state index contributed by atoms with van der Waals surface area (Å²) >= 11 is 0. The Balaban J connectivity index is 1.39. The zero-order chi connectivity index (χ0) is 21.6. The molecule has 0 unspecified atom stereocenters. The van der Waals surface area contributed by atoms with E-state index < -0.39 is 0 Å². The number of carbonyl (C=O) groups excluding carboxylic acids is 1. The summed E-state index contributed by atoms with van der Waals surface area (Å²) in [6, 6.07) is 21.7. The third kappa shape index (κ3) is 5.00. The first-order valence-electron chi connectivity index (χ1n) is 10.6. The molecule has 1 aliphatic rings. The minimum atomic E-state index is -0.194. The summed E-state index contributed by atoms with van der Waals surface area (Å²) in [6.07, 6.45) is 1.03. The molecule has 0 spiro atoms. The lowest BCUT2D eigenvalue weighted by molar-refractivity contribution is -0.123. The summed E-state index contributed by atoms with van der Waals surface area (Å²) in [5.74, 6) is 2.14. The lowest BCUT2D eigenvalue weighted by Crippen LogP contribution is -2.28. The molecule has 0 aromatic heterocycles. The maximum absolute atomic E-state index is 12.5. The van der Waals surface area contributed by atoms with Crippen LogP contribution < -0.4 is 19.5 Å². The minimum Gasteiger partial charge on any atom is -0.494 e. The fourth-order valence-corrected chi connectivity index (χ4v) is 3.75. The summed E-state index contributed by atoms with van der Waals surface area (Å²) in [4.78, 5) is 12.5. The van der Waals surface area contributed by atoms with Crippen molar-refractivity contribution in [3.05, 3.63) is 77.9 Å². The Morgan fingerprint density at radius 3 is 2.61 bits per heavy atom. The molecule has 0 bridgehead atoms. The van der Waals surface area contributed by atoms with E-state index in [4.69, 9.17) is 14.2 Å². The molecule has 1 atom stereocenters. The quantitative estimate of drug-likeness (QED) is 0.574. The highest BCUT2D eigenvalue weighted by Crippen LogP contribution is 2.35. The number of rotatable bonds is 8. The minimum absolute atomic E-state index is 0.0632. The van der Waals surface area contributed by atoms with E-state index >= 15 is 0 Å². The number of fused-ring (bicyclic) bond motifs is 1. The third-order valence-electron chi connectivity index (χ3n) is 5.19. The van der Waals surface area contributed by atoms with Crippen molar-refractivity contribution >= 4 is 5.91 Å². The topological polar surface area (TPSA) is 56.8 Å². The SMILES string of the molecule is CCOc1cc2c(cc1CNC(=O)COc1ccccc1-c1ccccc1)O[C@@H](C)C2. The molecule has 3 aromatic rings. The summed E-state index contributed by atoms with van der Waals surface area (Å²) in [7, 11) is 0. The first-order valence-corrected chi connectivity index (χ1v) is 10.6. The van der Waals surface area contributed by atoms with Crippen LogP contribution in [0.1, 0.15) is 25.0 Å². The molecular formula is C26H27NO4. The molecule has 31 heavy (non-hydrogen) atoms. The molecule has 0 saturated heterocycles. The van der Waals surface area contributed by atoms with E-state index in [0.717, 1.165) is 40.2 Å². The van der Waals surface area contributed by atoms with Gasteiger partial charge in [-0.15, -0.1) is 0 Å². The highest BCUT2D eigenvalue weighted by Gasteiger charge is 2.22. The number of nitrogens with one attached hydrogen (secondary N) is 1. The number of ether oxygens (including phenoxy) is 3. The molecule has 0 aliphatic carbocycles. The standard InChI is InChI=1S/C26H27NO4/c1-3-29-24-14-20-13-18(2)31-25(20)15-21(24)16-27-26(28)17-30-23-12-8-7-11-22(23)19-9-5-4-6-10-19/h4-12,14-15,18H,3,13,16-17H2,1-2H3,(H,27,28)/t18-/m0/s1. The van der Waals surface area contributed by atoms with Crippen LogP contribution in [-0.4, -0.2) is 25.2 Å². The van der Waals surface area contributed by atoms with Gasteiger partial charge in [0.15, 0.2) is 6.61 Å². The van der Waals surface area contributed by atoms with E-state index in [-0.39, 0.29) is 18.6 Å². The van der Waals surface area contributed by atoms with Gasteiger partial charge in [-0.05, 0) is 37.6 Å². The third-order valence-corrected chi connectivity index (χ3v) is 5.19. The highest BCUT2D eigenvalue weighted by atomic mass is 16.5. The molecule has 4 rings (SSSR count). The van der Waals surface area contributed by atoms with Gasteiger partial charge < -0.3 is 19.5 Å². The Labute approximate surface area is 183 Å². The average molecular weight is 418 g/mol. The predicted molar refractivity (Wildman–Crippen MR) is 121 cm³/mol. The Bertz CT molecular complexity index is 1050. The van der Waals surface area contributed by atoms with Gasteiger partial charge in [-0.1, -0.05) is 48.5 Å². The smallest absolute Gasteiger partial charge is 0.258 e. The molecule has 5 heteroatoms. The predicted octanol–water partition coefficient (Wildman–Crippen LogP) is 4.77. The zero-order valence-electron chi connectivity index (χ0n) is 17.9. The lowest BCUT2D eigenvalue weighted by atomic mass is 10.1. The van der Waals surface area contributed by atoms with Gasteiger partial charge in [0, 0.05) is 29.7 Å². The Kier molecular flexibility index (Phi) is 6.41. The monoisotopic (exact) mass is 417 g/mol. The molecule has 0 fully saturated rings. The van der Waals surface area contributed by atoms with Crippen molar-refractivity contribution in [1.82, 2.24) is 5.32 Å². The molecule has 1 heterocycles. The van der Waals surface area contributed by atoms with E-state index in [9.17, 15) is 4.79 Å². The fourth-order valence-electron chi connectivity index (χ4n) is 3.75. The van der Waals surface area contributed by atoms with E-state index in [1.807, 2.05) is 80.6 Å². The number of para-hydroxylation sites is 1. The van der Waals surface area contributed by atoms with Crippen molar-refractivity contribution in [3.8, 4) is 28.4 Å². The highest BCUT2D eigenvalue weighted by molar-refractivity contribution is 5.78. The van der Waals surface area contributed by atoms with Crippen molar-refractivity contribution in [1.29, 1.82) is 0 Å². The second-order valence-corrected chi connectivity index (χ2v) is 7.56. The van der Waals surface area contributed by atoms with Gasteiger partial charge in [0.25, 0.3) is 5.91 Å². The zero-order valence-corrected chi connectivity index (χ0v) is 17.9. The molecule has 160 valence electrons. The Morgan fingerprint density at radius 1 is 1.03 bits per heavy atom. The second kappa shape index (κ2) is 9.56. The van der Waals surface area contributed by atoms with E-state index in [2.05, 4.69) is 5.32 Å². The van der Waals surface area contributed by atoms with Gasteiger partial charge >= 0.3 is 0 Å². The molecule has 5 nitrogen and oxygen atoms in total. The summed E-state index contributed by atoms with van der Waals surface area (Å²) < 4.78 is 17.5. The second-order valence-electron chi connectivity index (χ2n) is 7.56. The Morgan fingerprint density at radius 2 is 1.81 bits per heavy atom. The fraction of sp³-hybridized carbons (Fsp3) is 0.269. The maximum atomic E-state index is 12.5. The van der Waals surface area contributed by atoms with Crippen LogP contribution >= 0.6 is 0 Å². The van der Waals surface area contributed by atoms with Crippen LogP contribution in [0.5, 0.6) is 17.2 Å². The molecule has 1 aliphatic heterocycles. The lowest BCUT2D eigenvalue weighted by Gasteiger charge is -2.14. The molecule has 1 N–H and O–H groups in total. The number of hydrogen-bond acceptors (Lipinski definition) is 4. The number of carbonyl (C=O) groups is 1. The van der Waals surface area contributed by atoms with Crippen LogP contribution in [-0.2, 0) is 17.8 Å². The van der Waals surface area contributed by atoms with Gasteiger partial charge in [-0.25, -0.2) is 0 Å². The van der Waals surface area contributed by atoms with Gasteiger partial charge in [0.1, 0.15) is 23.4 Å². The van der Waals surface area contributed by atoms with Crippen molar-refractivity contribution in [2.75, 3.05) is 13.2 Å². The van der Waals surface area contributed by atoms with Crippen LogP contribution in [0.3, 0.4) is 0 Å². The first-order chi connectivity index (χ1) is 15.1. The molecule has 1 amide bonds. The number of amides is 1. The van der Waals surface area contributed by atoms with Gasteiger partial charge in [0.05, 0.1) is 6.61 Å². The normalized spacial score (nSPS) is 14.5. The van der Waals surface area contributed by atoms with Crippen molar-refractivity contribution < 1.29 is 19.0 Å². The van der Waals surface area contributed by atoms with Crippen molar-refractivity contribution in [2.24, 2.45) is 0 Å². The van der Waals surface area contributed by atoms with Crippen LogP contribution in [0.4, 0.5) is 0 Å². The van der Waals surface area contributed by atoms with E-state index in [1.54, 1.807) is 0 Å². The summed E-state index contributed by atoms with van der Waals surface area (Å²) in [6.45, 7) is 4.85. The number of benzene rings is 3. The van der Waals surface area contributed by atoms with Crippen LogP contribution in [0.2, 0.25) is 0 Å². The summed E-state index contributed by atoms with van der Waals surface area (Å²) in [5, 5.41) is 2.93. The molecule has 0 radical (unpaired) electrons. The van der Waals surface area contributed by atoms with Crippen molar-refractivity contribution in [3.63, 3.8) is 0 Å². The van der Waals surface area contributed by atoms with Gasteiger partial charge in [-0.3, -0.25) is 4.79 Å². The molecule has 0 saturated carbocycles. The van der Waals surface area contributed by atoms with Crippen molar-refractivity contribution in [2.45, 2.75) is 32.9 Å². The summed E-state index contributed by atoms with van der Waals surface area (Å²) in [5.41, 5.74) is 4.05. The molecule has 3 aromatic carbocycles. The van der Waals surface area contributed by atoms with E-state index in [0.29, 0.717) is 18.9 Å². The maximum Gasteiger partial charge on any atom is 0.258 e. The Hall–Kier alpha value is -3.47.